The molecule has 0 N–H and O–H groups in total. The Kier molecular flexibility index (Phi) is 6.39. The van der Waals surface area contributed by atoms with Crippen LogP contribution >= 0.6 is 11.6 Å². The molecular formula is C21H22ClFN4O2. The fourth-order valence-corrected chi connectivity index (χ4v) is 3.30. The van der Waals surface area contributed by atoms with E-state index in [2.05, 4.69) is 15.0 Å². The van der Waals surface area contributed by atoms with Crippen molar-refractivity contribution in [3.63, 3.8) is 0 Å². The maximum Gasteiger partial charge on any atom is 0.336 e. The molecule has 0 radical (unpaired) electrons. The SMILES string of the molecule is Fc1ccc(-n2nc(OCCCN3CCOCC3)nc2-c2ccc(Cl)cc2)cc1. The highest BCUT2D eigenvalue weighted by atomic mass is 35.5. The van der Waals surface area contributed by atoms with E-state index >= 15 is 0 Å². The number of morpholine rings is 1. The van der Waals surface area contributed by atoms with Gasteiger partial charge in [0.2, 0.25) is 0 Å². The van der Waals surface area contributed by atoms with Crippen molar-refractivity contribution < 1.29 is 13.9 Å². The van der Waals surface area contributed by atoms with Crippen LogP contribution in [-0.4, -0.2) is 59.1 Å². The number of hydrogen-bond donors (Lipinski definition) is 0. The molecule has 2 heterocycles. The minimum Gasteiger partial charge on any atom is -0.462 e. The first-order valence-electron chi connectivity index (χ1n) is 9.61. The zero-order valence-electron chi connectivity index (χ0n) is 15.9. The summed E-state index contributed by atoms with van der Waals surface area (Å²) in [5.74, 6) is 0.304. The lowest BCUT2D eigenvalue weighted by molar-refractivity contribution is 0.0356. The van der Waals surface area contributed by atoms with Crippen molar-refractivity contribution in [1.29, 1.82) is 0 Å². The van der Waals surface area contributed by atoms with Crippen LogP contribution in [0.1, 0.15) is 6.42 Å². The van der Waals surface area contributed by atoms with Crippen LogP contribution in [0.2, 0.25) is 5.02 Å². The predicted octanol–water partition coefficient (Wildman–Crippen LogP) is 3.83. The van der Waals surface area contributed by atoms with Crippen LogP contribution in [0.25, 0.3) is 17.1 Å². The molecule has 2 aromatic carbocycles. The Balaban J connectivity index is 1.49. The normalized spacial score (nSPS) is 14.8. The minimum absolute atomic E-state index is 0.293. The first-order chi connectivity index (χ1) is 14.2. The number of ether oxygens (including phenoxy) is 2. The zero-order chi connectivity index (χ0) is 20.1. The van der Waals surface area contributed by atoms with E-state index in [-0.39, 0.29) is 5.82 Å². The van der Waals surface area contributed by atoms with Gasteiger partial charge >= 0.3 is 6.01 Å². The number of halogens is 2. The standard InChI is InChI=1S/C21H22ClFN4O2/c22-17-4-2-16(3-5-17)20-24-21(25-27(20)19-8-6-18(23)7-9-19)29-13-1-10-26-11-14-28-15-12-26/h2-9H,1,10-15H2. The first-order valence-corrected chi connectivity index (χ1v) is 9.99. The van der Waals surface area contributed by atoms with Crippen molar-refractivity contribution in [2.75, 3.05) is 39.5 Å². The molecule has 0 saturated carbocycles. The van der Waals surface area contributed by atoms with Gasteiger partial charge in [-0.25, -0.2) is 9.07 Å². The van der Waals surface area contributed by atoms with Gasteiger partial charge in [-0.2, -0.15) is 4.98 Å². The molecule has 1 aliphatic rings. The van der Waals surface area contributed by atoms with Gasteiger partial charge in [-0.05, 0) is 55.0 Å². The van der Waals surface area contributed by atoms with E-state index in [1.165, 1.54) is 12.1 Å². The highest BCUT2D eigenvalue weighted by molar-refractivity contribution is 6.30. The molecule has 6 nitrogen and oxygen atoms in total. The highest BCUT2D eigenvalue weighted by Crippen LogP contribution is 2.25. The van der Waals surface area contributed by atoms with Gasteiger partial charge in [0.1, 0.15) is 5.82 Å². The fourth-order valence-electron chi connectivity index (χ4n) is 3.18. The van der Waals surface area contributed by atoms with Crippen LogP contribution in [0.3, 0.4) is 0 Å². The first kappa shape index (κ1) is 19.8. The lowest BCUT2D eigenvalue weighted by atomic mass is 10.2. The number of aromatic nitrogens is 3. The number of benzene rings is 2. The van der Waals surface area contributed by atoms with Crippen molar-refractivity contribution >= 4 is 11.6 Å². The molecule has 3 aromatic rings. The largest absolute Gasteiger partial charge is 0.462 e. The third kappa shape index (κ3) is 5.12. The molecule has 1 aromatic heterocycles. The van der Waals surface area contributed by atoms with Crippen LogP contribution in [0.15, 0.2) is 48.5 Å². The molecule has 1 saturated heterocycles. The Hall–Kier alpha value is -2.48. The van der Waals surface area contributed by atoms with Gasteiger partial charge in [0, 0.05) is 30.2 Å². The molecule has 0 atom stereocenters. The maximum atomic E-state index is 13.3. The van der Waals surface area contributed by atoms with Gasteiger partial charge in [-0.3, -0.25) is 4.90 Å². The van der Waals surface area contributed by atoms with Crippen molar-refractivity contribution in [2.24, 2.45) is 0 Å². The summed E-state index contributed by atoms with van der Waals surface area (Å²) in [6.45, 7) is 4.96. The molecule has 152 valence electrons. The Labute approximate surface area is 173 Å². The van der Waals surface area contributed by atoms with E-state index in [9.17, 15) is 4.39 Å². The molecule has 0 spiro atoms. The molecule has 0 unspecified atom stereocenters. The number of hydrogen-bond acceptors (Lipinski definition) is 5. The van der Waals surface area contributed by atoms with Gasteiger partial charge in [-0.1, -0.05) is 11.6 Å². The molecule has 29 heavy (non-hydrogen) atoms. The summed E-state index contributed by atoms with van der Waals surface area (Å²) in [4.78, 5) is 6.91. The Bertz CT molecular complexity index is 862. The van der Waals surface area contributed by atoms with Gasteiger partial charge in [-0.15, -0.1) is 5.10 Å². The van der Waals surface area contributed by atoms with Crippen LogP contribution in [0, 0.1) is 5.82 Å². The van der Waals surface area contributed by atoms with E-state index in [4.69, 9.17) is 21.1 Å². The zero-order valence-corrected chi connectivity index (χ0v) is 16.7. The number of rotatable bonds is 7. The Morgan fingerprint density at radius 2 is 1.76 bits per heavy atom. The Morgan fingerprint density at radius 3 is 2.48 bits per heavy atom. The molecule has 0 aliphatic carbocycles. The summed E-state index contributed by atoms with van der Waals surface area (Å²) in [7, 11) is 0. The van der Waals surface area contributed by atoms with Crippen LogP contribution in [-0.2, 0) is 4.74 Å². The smallest absolute Gasteiger partial charge is 0.336 e. The maximum absolute atomic E-state index is 13.3. The summed E-state index contributed by atoms with van der Waals surface area (Å²) < 4.78 is 26.2. The molecule has 1 aliphatic heterocycles. The second-order valence-corrected chi connectivity index (χ2v) is 7.21. The monoisotopic (exact) mass is 416 g/mol. The average molecular weight is 417 g/mol. The molecule has 0 amide bonds. The summed E-state index contributed by atoms with van der Waals surface area (Å²) >= 11 is 6.01. The van der Waals surface area contributed by atoms with E-state index in [1.54, 1.807) is 28.9 Å². The third-order valence-corrected chi connectivity index (χ3v) is 4.97. The summed E-state index contributed by atoms with van der Waals surface area (Å²) in [6, 6.07) is 13.7. The van der Waals surface area contributed by atoms with Gasteiger partial charge in [0.15, 0.2) is 5.82 Å². The molecule has 8 heteroatoms. The van der Waals surface area contributed by atoms with Crippen molar-refractivity contribution in [1.82, 2.24) is 19.7 Å². The average Bonchev–Trinajstić information content (AvgIpc) is 3.17. The van der Waals surface area contributed by atoms with E-state index < -0.39 is 0 Å². The fraction of sp³-hybridized carbons (Fsp3) is 0.333. The van der Waals surface area contributed by atoms with Crippen LogP contribution in [0.4, 0.5) is 4.39 Å². The molecule has 4 rings (SSSR count). The van der Waals surface area contributed by atoms with Crippen molar-refractivity contribution in [3.8, 4) is 23.1 Å². The lowest BCUT2D eigenvalue weighted by Crippen LogP contribution is -2.37. The quantitative estimate of drug-likeness (QED) is 0.548. The third-order valence-electron chi connectivity index (χ3n) is 4.71. The lowest BCUT2D eigenvalue weighted by Gasteiger charge is -2.26. The van der Waals surface area contributed by atoms with Gasteiger partial charge < -0.3 is 9.47 Å². The van der Waals surface area contributed by atoms with Crippen molar-refractivity contribution in [2.45, 2.75) is 6.42 Å². The second-order valence-electron chi connectivity index (χ2n) is 6.77. The highest BCUT2D eigenvalue weighted by Gasteiger charge is 2.15. The van der Waals surface area contributed by atoms with Crippen molar-refractivity contribution in [3.05, 3.63) is 59.4 Å². The molecule has 0 bridgehead atoms. The van der Waals surface area contributed by atoms with Crippen LogP contribution < -0.4 is 4.74 Å². The predicted molar refractivity (Wildman–Crippen MR) is 109 cm³/mol. The summed E-state index contributed by atoms with van der Waals surface area (Å²) in [6.07, 6.45) is 0.876. The van der Waals surface area contributed by atoms with E-state index in [0.29, 0.717) is 29.2 Å². The molecular weight excluding hydrogens is 395 g/mol. The molecule has 1 fully saturated rings. The van der Waals surface area contributed by atoms with E-state index in [0.717, 1.165) is 44.8 Å². The van der Waals surface area contributed by atoms with Gasteiger partial charge in [0.05, 0.1) is 25.5 Å². The Morgan fingerprint density at radius 1 is 1.03 bits per heavy atom. The van der Waals surface area contributed by atoms with E-state index in [1.807, 2.05) is 12.1 Å². The number of nitrogens with zero attached hydrogens (tertiary/aromatic N) is 4. The topological polar surface area (TPSA) is 52.4 Å². The van der Waals surface area contributed by atoms with Gasteiger partial charge in [0.25, 0.3) is 0 Å². The second kappa shape index (κ2) is 9.35. The summed E-state index contributed by atoms with van der Waals surface area (Å²) in [5, 5.41) is 5.13. The summed E-state index contributed by atoms with van der Waals surface area (Å²) in [5.41, 5.74) is 1.54. The van der Waals surface area contributed by atoms with Crippen LogP contribution in [0.5, 0.6) is 6.01 Å². The minimum atomic E-state index is -0.304.